The second-order valence-corrected chi connectivity index (χ2v) is 6.13. The molecule has 0 bridgehead atoms. The molecule has 3 nitrogen and oxygen atoms in total. The van der Waals surface area contributed by atoms with Crippen molar-refractivity contribution in [2.75, 3.05) is 25.4 Å². The maximum atomic E-state index is 6.07. The van der Waals surface area contributed by atoms with Crippen LogP contribution in [0.5, 0.6) is 0 Å². The molecule has 1 atom stereocenters. The number of nitrogens with zero attached hydrogens (tertiary/aromatic N) is 1. The van der Waals surface area contributed by atoms with Crippen molar-refractivity contribution in [2.24, 2.45) is 0 Å². The fourth-order valence-electron chi connectivity index (χ4n) is 2.53. The van der Waals surface area contributed by atoms with Crippen LogP contribution in [0, 0.1) is 0 Å². The van der Waals surface area contributed by atoms with Gasteiger partial charge in [0.1, 0.15) is 0 Å². The third kappa shape index (κ3) is 4.48. The third-order valence-electron chi connectivity index (χ3n) is 3.52. The van der Waals surface area contributed by atoms with Crippen molar-refractivity contribution in [1.29, 1.82) is 0 Å². The highest BCUT2D eigenvalue weighted by Gasteiger charge is 2.20. The Morgan fingerprint density at radius 2 is 2.32 bits per heavy atom. The van der Waals surface area contributed by atoms with E-state index in [0.29, 0.717) is 6.10 Å². The van der Waals surface area contributed by atoms with E-state index in [2.05, 4.69) is 39.9 Å². The minimum atomic E-state index is 0.394. The molecule has 4 heteroatoms. The van der Waals surface area contributed by atoms with E-state index in [1.807, 2.05) is 6.07 Å². The summed E-state index contributed by atoms with van der Waals surface area (Å²) in [4.78, 5) is 2.45. The Hall–Kier alpha value is -0.580. The Labute approximate surface area is 124 Å². The maximum Gasteiger partial charge on any atom is 0.0702 e. The van der Waals surface area contributed by atoms with E-state index < -0.39 is 0 Å². The van der Waals surface area contributed by atoms with E-state index in [1.165, 1.54) is 18.4 Å². The molecule has 1 aliphatic rings. The molecule has 0 aromatic heterocycles. The molecule has 19 heavy (non-hydrogen) atoms. The van der Waals surface area contributed by atoms with Gasteiger partial charge in [-0.25, -0.2) is 0 Å². The van der Waals surface area contributed by atoms with Crippen LogP contribution in [0.2, 0.25) is 0 Å². The Morgan fingerprint density at radius 3 is 3.05 bits per heavy atom. The summed E-state index contributed by atoms with van der Waals surface area (Å²) in [6.45, 7) is 6.12. The molecular formula is C15H23BrN2O. The number of halogens is 1. The monoisotopic (exact) mass is 326 g/mol. The van der Waals surface area contributed by atoms with Gasteiger partial charge < -0.3 is 10.5 Å². The summed E-state index contributed by atoms with van der Waals surface area (Å²) in [5.41, 5.74) is 8.14. The van der Waals surface area contributed by atoms with Gasteiger partial charge in [-0.1, -0.05) is 28.9 Å². The van der Waals surface area contributed by atoms with Gasteiger partial charge in [0, 0.05) is 29.9 Å². The van der Waals surface area contributed by atoms with Crippen LogP contribution in [0.15, 0.2) is 22.7 Å². The highest BCUT2D eigenvalue weighted by Crippen LogP contribution is 2.22. The van der Waals surface area contributed by atoms with Crippen LogP contribution < -0.4 is 5.73 Å². The van der Waals surface area contributed by atoms with Crippen LogP contribution in [0.3, 0.4) is 0 Å². The number of rotatable bonds is 5. The molecule has 0 spiro atoms. The largest absolute Gasteiger partial charge is 0.398 e. The molecule has 106 valence electrons. The summed E-state index contributed by atoms with van der Waals surface area (Å²) in [5.74, 6) is 0. The van der Waals surface area contributed by atoms with E-state index in [0.717, 1.165) is 42.8 Å². The third-order valence-corrected chi connectivity index (χ3v) is 4.02. The summed E-state index contributed by atoms with van der Waals surface area (Å²) in [6, 6.07) is 6.14. The van der Waals surface area contributed by atoms with Gasteiger partial charge in [0.25, 0.3) is 0 Å². The molecule has 1 unspecified atom stereocenters. The highest BCUT2D eigenvalue weighted by molar-refractivity contribution is 9.10. The minimum Gasteiger partial charge on any atom is -0.398 e. The van der Waals surface area contributed by atoms with Gasteiger partial charge in [-0.05, 0) is 43.5 Å². The number of hydrogen-bond donors (Lipinski definition) is 1. The smallest absolute Gasteiger partial charge is 0.0702 e. The fourth-order valence-corrected chi connectivity index (χ4v) is 2.91. The topological polar surface area (TPSA) is 38.5 Å². The molecule has 0 radical (unpaired) electrons. The number of benzene rings is 1. The van der Waals surface area contributed by atoms with Crippen molar-refractivity contribution >= 4 is 21.6 Å². The highest BCUT2D eigenvalue weighted by atomic mass is 79.9. The van der Waals surface area contributed by atoms with E-state index >= 15 is 0 Å². The summed E-state index contributed by atoms with van der Waals surface area (Å²) < 4.78 is 6.91. The van der Waals surface area contributed by atoms with Crippen LogP contribution in [-0.4, -0.2) is 30.7 Å². The minimum absolute atomic E-state index is 0.394. The first-order valence-electron chi connectivity index (χ1n) is 7.07. The summed E-state index contributed by atoms with van der Waals surface area (Å²) in [6.07, 6.45) is 3.89. The number of piperidine rings is 1. The predicted molar refractivity (Wildman–Crippen MR) is 83.1 cm³/mol. The average molecular weight is 327 g/mol. The van der Waals surface area contributed by atoms with Crippen molar-refractivity contribution in [3.63, 3.8) is 0 Å². The Balaban J connectivity index is 1.91. The number of nitrogen functional groups attached to an aromatic ring is 1. The standard InChI is InChI=1S/C15H23BrN2O/c1-2-8-19-14-4-3-7-18(11-14)10-12-5-6-13(16)9-15(12)17/h5-6,9,14H,2-4,7-8,10-11,17H2,1H3. The Morgan fingerprint density at radius 1 is 1.47 bits per heavy atom. The number of hydrogen-bond acceptors (Lipinski definition) is 3. The molecule has 1 aromatic rings. The van der Waals surface area contributed by atoms with Gasteiger partial charge in [-0.3, -0.25) is 4.90 Å². The predicted octanol–water partition coefficient (Wildman–Crippen LogP) is 3.42. The lowest BCUT2D eigenvalue weighted by atomic mass is 10.1. The van der Waals surface area contributed by atoms with Gasteiger partial charge >= 0.3 is 0 Å². The zero-order valence-corrected chi connectivity index (χ0v) is 13.2. The molecule has 0 saturated carbocycles. The van der Waals surface area contributed by atoms with Crippen molar-refractivity contribution in [3.05, 3.63) is 28.2 Å². The van der Waals surface area contributed by atoms with E-state index in [9.17, 15) is 0 Å². The second-order valence-electron chi connectivity index (χ2n) is 5.21. The fraction of sp³-hybridized carbons (Fsp3) is 0.600. The maximum absolute atomic E-state index is 6.07. The van der Waals surface area contributed by atoms with Gasteiger partial charge in [-0.15, -0.1) is 0 Å². The van der Waals surface area contributed by atoms with Gasteiger partial charge in [0.2, 0.25) is 0 Å². The van der Waals surface area contributed by atoms with E-state index in [1.54, 1.807) is 0 Å². The van der Waals surface area contributed by atoms with Crippen LogP contribution in [0.1, 0.15) is 31.7 Å². The van der Waals surface area contributed by atoms with Crippen molar-refractivity contribution in [1.82, 2.24) is 4.90 Å². The molecule has 1 fully saturated rings. The lowest BCUT2D eigenvalue weighted by Crippen LogP contribution is -2.39. The first kappa shape index (κ1) is 14.8. The molecule has 1 aliphatic heterocycles. The van der Waals surface area contributed by atoms with E-state index in [-0.39, 0.29) is 0 Å². The number of ether oxygens (including phenoxy) is 1. The average Bonchev–Trinajstić information content (AvgIpc) is 2.40. The Kier molecular flexibility index (Phi) is 5.67. The SMILES string of the molecule is CCCOC1CCCN(Cc2ccc(Br)cc2N)C1. The number of nitrogens with two attached hydrogens (primary N) is 1. The molecule has 0 amide bonds. The van der Waals surface area contributed by atoms with Gasteiger partial charge in [0.15, 0.2) is 0 Å². The quantitative estimate of drug-likeness (QED) is 0.842. The van der Waals surface area contributed by atoms with E-state index in [4.69, 9.17) is 10.5 Å². The molecule has 0 aliphatic carbocycles. The van der Waals surface area contributed by atoms with Crippen LogP contribution in [-0.2, 0) is 11.3 Å². The van der Waals surface area contributed by atoms with Crippen LogP contribution in [0.25, 0.3) is 0 Å². The number of anilines is 1. The number of likely N-dealkylation sites (tertiary alicyclic amines) is 1. The van der Waals surface area contributed by atoms with Crippen LogP contribution in [0.4, 0.5) is 5.69 Å². The molecule has 1 heterocycles. The zero-order chi connectivity index (χ0) is 13.7. The lowest BCUT2D eigenvalue weighted by molar-refractivity contribution is -0.00218. The molecule has 1 aromatic carbocycles. The van der Waals surface area contributed by atoms with Gasteiger partial charge in [0.05, 0.1) is 6.10 Å². The molecular weight excluding hydrogens is 304 g/mol. The molecule has 2 rings (SSSR count). The first-order chi connectivity index (χ1) is 9.19. The first-order valence-corrected chi connectivity index (χ1v) is 7.86. The Bertz CT molecular complexity index is 411. The van der Waals surface area contributed by atoms with Gasteiger partial charge in [-0.2, -0.15) is 0 Å². The summed E-state index contributed by atoms with van der Waals surface area (Å²) in [5, 5.41) is 0. The molecule has 2 N–H and O–H groups in total. The summed E-state index contributed by atoms with van der Waals surface area (Å²) >= 11 is 3.45. The lowest BCUT2D eigenvalue weighted by Gasteiger charge is -2.32. The summed E-state index contributed by atoms with van der Waals surface area (Å²) in [7, 11) is 0. The van der Waals surface area contributed by atoms with Crippen molar-refractivity contribution in [2.45, 2.75) is 38.8 Å². The van der Waals surface area contributed by atoms with Crippen molar-refractivity contribution < 1.29 is 4.74 Å². The molecule has 1 saturated heterocycles. The normalized spacial score (nSPS) is 20.6. The second kappa shape index (κ2) is 7.27. The zero-order valence-electron chi connectivity index (χ0n) is 11.6. The van der Waals surface area contributed by atoms with Crippen molar-refractivity contribution in [3.8, 4) is 0 Å². The van der Waals surface area contributed by atoms with Crippen LogP contribution >= 0.6 is 15.9 Å².